The van der Waals surface area contributed by atoms with Gasteiger partial charge in [0, 0.05) is 31.9 Å². The van der Waals surface area contributed by atoms with Gasteiger partial charge in [0.2, 0.25) is 0 Å². The topological polar surface area (TPSA) is 79.9 Å². The molecule has 3 rings (SSSR count). The van der Waals surface area contributed by atoms with Gasteiger partial charge in [-0.15, -0.1) is 0 Å². The molecule has 0 saturated carbocycles. The van der Waals surface area contributed by atoms with Gasteiger partial charge in [0.15, 0.2) is 0 Å². The summed E-state index contributed by atoms with van der Waals surface area (Å²) in [6.07, 6.45) is 2.10. The fraction of sp³-hybridized carbons (Fsp3) is 0.391. The summed E-state index contributed by atoms with van der Waals surface area (Å²) in [6.45, 7) is 5.36. The van der Waals surface area contributed by atoms with Gasteiger partial charge in [-0.05, 0) is 49.6 Å². The Kier molecular flexibility index (Phi) is 8.09. The zero-order valence-corrected chi connectivity index (χ0v) is 17.4. The number of ether oxygens (including phenoxy) is 2. The van der Waals surface area contributed by atoms with Crippen LogP contribution in [0.5, 0.6) is 5.75 Å². The van der Waals surface area contributed by atoms with Crippen LogP contribution in [-0.2, 0) is 11.3 Å². The third-order valence-corrected chi connectivity index (χ3v) is 4.85. The smallest absolute Gasteiger partial charge is 0.321 e. The van der Waals surface area contributed by atoms with Crippen LogP contribution in [-0.4, -0.2) is 49.7 Å². The Bertz CT molecular complexity index is 850. The van der Waals surface area contributed by atoms with Crippen LogP contribution in [0.4, 0.5) is 10.5 Å². The number of urea groups is 1. The van der Waals surface area contributed by atoms with Gasteiger partial charge in [-0.3, -0.25) is 4.79 Å². The normalized spacial score (nSPS) is 13.2. The van der Waals surface area contributed by atoms with Crippen molar-refractivity contribution in [2.75, 3.05) is 38.2 Å². The SMILES string of the molecule is CCOCCOc1ccccc1C(=O)NCc1cccc(NC(=O)N2CCCC2)c1. The molecular formula is C23H29N3O4. The number of carbonyl (C=O) groups is 2. The maximum Gasteiger partial charge on any atom is 0.321 e. The standard InChI is InChI=1S/C23H29N3O4/c1-2-29-14-15-30-21-11-4-3-10-20(21)22(27)24-17-18-8-7-9-19(16-18)25-23(28)26-12-5-6-13-26/h3-4,7-11,16H,2,5-6,12-15,17H2,1H3,(H,24,27)(H,25,28). The van der Waals surface area contributed by atoms with Crippen molar-refractivity contribution >= 4 is 17.6 Å². The van der Waals surface area contributed by atoms with Crippen LogP contribution in [0, 0.1) is 0 Å². The van der Waals surface area contributed by atoms with E-state index in [1.54, 1.807) is 18.2 Å². The number of carbonyl (C=O) groups excluding carboxylic acids is 2. The predicted octanol–water partition coefficient (Wildman–Crippen LogP) is 3.66. The summed E-state index contributed by atoms with van der Waals surface area (Å²) in [5.74, 6) is 0.315. The summed E-state index contributed by atoms with van der Waals surface area (Å²) in [5, 5.41) is 5.85. The zero-order valence-electron chi connectivity index (χ0n) is 17.4. The van der Waals surface area contributed by atoms with Gasteiger partial charge in [0.05, 0.1) is 12.2 Å². The highest BCUT2D eigenvalue weighted by molar-refractivity contribution is 5.96. The summed E-state index contributed by atoms with van der Waals surface area (Å²) in [7, 11) is 0. The molecule has 7 heteroatoms. The third kappa shape index (κ3) is 6.22. The molecule has 1 aliphatic heterocycles. The molecular weight excluding hydrogens is 382 g/mol. The Hall–Kier alpha value is -3.06. The average Bonchev–Trinajstić information content (AvgIpc) is 3.31. The number of rotatable bonds is 9. The van der Waals surface area contributed by atoms with Crippen molar-refractivity contribution in [3.63, 3.8) is 0 Å². The second-order valence-corrected chi connectivity index (χ2v) is 7.05. The van der Waals surface area contributed by atoms with E-state index in [1.165, 1.54) is 0 Å². The molecule has 3 amide bonds. The van der Waals surface area contributed by atoms with E-state index in [0.717, 1.165) is 37.2 Å². The van der Waals surface area contributed by atoms with Gasteiger partial charge in [0.1, 0.15) is 12.4 Å². The minimum atomic E-state index is -0.214. The summed E-state index contributed by atoms with van der Waals surface area (Å²) < 4.78 is 11.0. The van der Waals surface area contributed by atoms with E-state index in [4.69, 9.17) is 9.47 Å². The Morgan fingerprint density at radius 3 is 2.63 bits per heavy atom. The first kappa shape index (κ1) is 21.6. The molecule has 1 fully saturated rings. The van der Waals surface area contributed by atoms with Crippen molar-refractivity contribution in [2.45, 2.75) is 26.3 Å². The second-order valence-electron chi connectivity index (χ2n) is 7.05. The molecule has 0 radical (unpaired) electrons. The van der Waals surface area contributed by atoms with E-state index in [1.807, 2.05) is 42.2 Å². The predicted molar refractivity (Wildman–Crippen MR) is 116 cm³/mol. The Morgan fingerprint density at radius 1 is 1.03 bits per heavy atom. The quantitative estimate of drug-likeness (QED) is 0.617. The molecule has 30 heavy (non-hydrogen) atoms. The number of benzene rings is 2. The maximum atomic E-state index is 12.7. The molecule has 0 unspecified atom stereocenters. The van der Waals surface area contributed by atoms with E-state index in [0.29, 0.717) is 37.7 Å². The van der Waals surface area contributed by atoms with Crippen molar-refractivity contribution in [3.05, 3.63) is 59.7 Å². The summed E-state index contributed by atoms with van der Waals surface area (Å²) >= 11 is 0. The molecule has 1 saturated heterocycles. The van der Waals surface area contributed by atoms with Crippen molar-refractivity contribution in [1.29, 1.82) is 0 Å². The van der Waals surface area contributed by atoms with E-state index in [2.05, 4.69) is 10.6 Å². The van der Waals surface area contributed by atoms with Crippen LogP contribution in [0.25, 0.3) is 0 Å². The first-order valence-electron chi connectivity index (χ1n) is 10.4. The van der Waals surface area contributed by atoms with Crippen LogP contribution in [0.1, 0.15) is 35.7 Å². The molecule has 160 valence electrons. The summed E-state index contributed by atoms with van der Waals surface area (Å²) in [6, 6.07) is 14.6. The van der Waals surface area contributed by atoms with E-state index < -0.39 is 0 Å². The number of hydrogen-bond acceptors (Lipinski definition) is 4. The van der Waals surface area contributed by atoms with Crippen LogP contribution < -0.4 is 15.4 Å². The summed E-state index contributed by atoms with van der Waals surface area (Å²) in [4.78, 5) is 26.7. The molecule has 2 aromatic carbocycles. The van der Waals surface area contributed by atoms with Crippen molar-refractivity contribution in [1.82, 2.24) is 10.2 Å². The Balaban J connectivity index is 1.55. The average molecular weight is 412 g/mol. The molecule has 1 aliphatic rings. The largest absolute Gasteiger partial charge is 0.490 e. The monoisotopic (exact) mass is 411 g/mol. The lowest BCUT2D eigenvalue weighted by molar-refractivity contribution is 0.0934. The van der Waals surface area contributed by atoms with Crippen molar-refractivity contribution in [2.24, 2.45) is 0 Å². The van der Waals surface area contributed by atoms with Crippen molar-refractivity contribution in [3.8, 4) is 5.75 Å². The first-order chi connectivity index (χ1) is 14.7. The number of hydrogen-bond donors (Lipinski definition) is 2. The Morgan fingerprint density at radius 2 is 1.83 bits per heavy atom. The number of nitrogens with one attached hydrogen (secondary N) is 2. The highest BCUT2D eigenvalue weighted by atomic mass is 16.5. The van der Waals surface area contributed by atoms with Crippen LogP contribution in [0.3, 0.4) is 0 Å². The highest BCUT2D eigenvalue weighted by Crippen LogP contribution is 2.18. The van der Waals surface area contributed by atoms with Gasteiger partial charge in [-0.25, -0.2) is 4.79 Å². The van der Waals surface area contributed by atoms with Gasteiger partial charge in [0.25, 0.3) is 5.91 Å². The van der Waals surface area contributed by atoms with E-state index >= 15 is 0 Å². The molecule has 2 N–H and O–H groups in total. The number of amides is 3. The molecule has 0 bridgehead atoms. The minimum Gasteiger partial charge on any atom is -0.490 e. The second kappa shape index (κ2) is 11.2. The first-order valence-corrected chi connectivity index (χ1v) is 10.4. The summed E-state index contributed by atoms with van der Waals surface area (Å²) in [5.41, 5.74) is 2.10. The number of para-hydroxylation sites is 1. The Labute approximate surface area is 177 Å². The van der Waals surface area contributed by atoms with Crippen LogP contribution >= 0.6 is 0 Å². The molecule has 0 aliphatic carbocycles. The number of likely N-dealkylation sites (tertiary alicyclic amines) is 1. The fourth-order valence-corrected chi connectivity index (χ4v) is 3.29. The van der Waals surface area contributed by atoms with Crippen LogP contribution in [0.15, 0.2) is 48.5 Å². The molecule has 0 spiro atoms. The van der Waals surface area contributed by atoms with Gasteiger partial charge < -0.3 is 25.0 Å². The molecule has 0 atom stereocenters. The zero-order chi connectivity index (χ0) is 21.2. The van der Waals surface area contributed by atoms with Gasteiger partial charge in [-0.1, -0.05) is 24.3 Å². The number of nitrogens with zero attached hydrogens (tertiary/aromatic N) is 1. The lowest BCUT2D eigenvalue weighted by Crippen LogP contribution is -2.32. The van der Waals surface area contributed by atoms with Gasteiger partial charge >= 0.3 is 6.03 Å². The lowest BCUT2D eigenvalue weighted by atomic mass is 10.1. The van der Waals surface area contributed by atoms with Crippen LogP contribution in [0.2, 0.25) is 0 Å². The molecule has 2 aromatic rings. The third-order valence-electron chi connectivity index (χ3n) is 4.85. The molecule has 1 heterocycles. The fourth-order valence-electron chi connectivity index (χ4n) is 3.29. The minimum absolute atomic E-state index is 0.0770. The van der Waals surface area contributed by atoms with Gasteiger partial charge in [-0.2, -0.15) is 0 Å². The highest BCUT2D eigenvalue weighted by Gasteiger charge is 2.18. The lowest BCUT2D eigenvalue weighted by Gasteiger charge is -2.16. The molecule has 0 aromatic heterocycles. The van der Waals surface area contributed by atoms with E-state index in [9.17, 15) is 9.59 Å². The van der Waals surface area contributed by atoms with E-state index in [-0.39, 0.29) is 11.9 Å². The number of anilines is 1. The maximum absolute atomic E-state index is 12.7. The molecule has 7 nitrogen and oxygen atoms in total. The van der Waals surface area contributed by atoms with Crippen molar-refractivity contribution < 1.29 is 19.1 Å².